The molecular weight excluding hydrogens is 309 g/mol. The number of amides is 1. The van der Waals surface area contributed by atoms with Crippen molar-refractivity contribution >= 4 is 17.6 Å². The van der Waals surface area contributed by atoms with E-state index < -0.39 is 0 Å². The topological polar surface area (TPSA) is 74.0 Å². The number of hydrogen-bond acceptors (Lipinski definition) is 3. The zero-order valence-corrected chi connectivity index (χ0v) is 13.7. The molecule has 0 aliphatic carbocycles. The van der Waals surface area contributed by atoms with Crippen LogP contribution >= 0.6 is 0 Å². The van der Waals surface area contributed by atoms with Gasteiger partial charge in [-0.25, -0.2) is 4.39 Å². The van der Waals surface area contributed by atoms with Crippen LogP contribution in [0, 0.1) is 5.82 Å². The molecule has 1 amide bonds. The van der Waals surface area contributed by atoms with Crippen molar-refractivity contribution in [2.45, 2.75) is 25.3 Å². The summed E-state index contributed by atoms with van der Waals surface area (Å²) < 4.78 is 13.0. The van der Waals surface area contributed by atoms with E-state index in [1.807, 2.05) is 0 Å². The predicted octanol–water partition coefficient (Wildman–Crippen LogP) is 0.931. The van der Waals surface area contributed by atoms with Crippen LogP contribution in [-0.2, 0) is 4.79 Å². The quantitative estimate of drug-likeness (QED) is 0.637. The molecule has 1 aromatic rings. The molecule has 2 aliphatic heterocycles. The van der Waals surface area contributed by atoms with Crippen molar-refractivity contribution in [3.8, 4) is 0 Å². The van der Waals surface area contributed by atoms with Gasteiger partial charge in [-0.15, -0.1) is 0 Å². The molecule has 3 rings (SSSR count). The summed E-state index contributed by atoms with van der Waals surface area (Å²) in [6, 6.07) is 6.67. The number of guanidine groups is 1. The number of nitrogens with zero attached hydrogens (tertiary/aromatic N) is 3. The maximum atomic E-state index is 13.0. The highest BCUT2D eigenvalue weighted by Gasteiger charge is 2.20. The van der Waals surface area contributed by atoms with Gasteiger partial charge in [0.1, 0.15) is 5.82 Å². The first-order chi connectivity index (χ1) is 11.6. The van der Waals surface area contributed by atoms with Crippen molar-refractivity contribution in [2.24, 2.45) is 10.7 Å². The van der Waals surface area contributed by atoms with Gasteiger partial charge >= 0.3 is 0 Å². The SMILES string of the molecule is NC(=NCC1CCCC(=O)N1)N1CCN(c2ccc(F)cc2)CC1. The fourth-order valence-corrected chi connectivity index (χ4v) is 3.17. The van der Waals surface area contributed by atoms with Crippen LogP contribution in [-0.4, -0.2) is 55.5 Å². The number of piperazine rings is 1. The number of piperidine rings is 1. The van der Waals surface area contributed by atoms with Crippen LogP contribution in [0.5, 0.6) is 0 Å². The Morgan fingerprint density at radius 1 is 1.25 bits per heavy atom. The molecule has 2 aliphatic rings. The van der Waals surface area contributed by atoms with Gasteiger partial charge < -0.3 is 20.9 Å². The number of carbonyl (C=O) groups excluding carboxylic acids is 1. The highest BCUT2D eigenvalue weighted by atomic mass is 19.1. The number of anilines is 1. The minimum atomic E-state index is -0.219. The largest absolute Gasteiger partial charge is 0.370 e. The second kappa shape index (κ2) is 7.51. The Morgan fingerprint density at radius 3 is 2.62 bits per heavy atom. The van der Waals surface area contributed by atoms with Gasteiger partial charge in [0.25, 0.3) is 0 Å². The molecule has 2 saturated heterocycles. The lowest BCUT2D eigenvalue weighted by molar-refractivity contribution is -0.123. The van der Waals surface area contributed by atoms with Gasteiger partial charge in [-0.3, -0.25) is 9.79 Å². The number of nitrogens with one attached hydrogen (secondary N) is 1. The van der Waals surface area contributed by atoms with Crippen LogP contribution in [0.2, 0.25) is 0 Å². The third-order valence-corrected chi connectivity index (χ3v) is 4.59. The van der Waals surface area contributed by atoms with E-state index in [-0.39, 0.29) is 17.8 Å². The van der Waals surface area contributed by atoms with Crippen LogP contribution in [0.15, 0.2) is 29.3 Å². The summed E-state index contributed by atoms with van der Waals surface area (Å²) in [5, 5.41) is 2.95. The summed E-state index contributed by atoms with van der Waals surface area (Å²) in [5.74, 6) is 0.421. The van der Waals surface area contributed by atoms with Crippen molar-refractivity contribution in [1.29, 1.82) is 0 Å². The van der Waals surface area contributed by atoms with Crippen LogP contribution in [0.4, 0.5) is 10.1 Å². The van der Waals surface area contributed by atoms with Gasteiger partial charge in [0.15, 0.2) is 5.96 Å². The Hall–Kier alpha value is -2.31. The molecule has 2 fully saturated rings. The van der Waals surface area contributed by atoms with E-state index in [0.29, 0.717) is 18.9 Å². The first-order valence-electron chi connectivity index (χ1n) is 8.46. The number of nitrogens with two attached hydrogens (primary N) is 1. The van der Waals surface area contributed by atoms with Gasteiger partial charge in [-0.1, -0.05) is 0 Å². The van der Waals surface area contributed by atoms with E-state index in [2.05, 4.69) is 20.1 Å². The van der Waals surface area contributed by atoms with Gasteiger partial charge in [-0.2, -0.15) is 0 Å². The number of aliphatic imine (C=N–C) groups is 1. The van der Waals surface area contributed by atoms with Crippen molar-refractivity contribution in [3.63, 3.8) is 0 Å². The molecule has 0 spiro atoms. The molecule has 1 atom stereocenters. The van der Waals surface area contributed by atoms with Crippen LogP contribution in [0.3, 0.4) is 0 Å². The highest BCUT2D eigenvalue weighted by molar-refractivity contribution is 5.79. The van der Waals surface area contributed by atoms with Gasteiger partial charge in [-0.05, 0) is 37.1 Å². The zero-order valence-electron chi connectivity index (χ0n) is 13.7. The molecule has 24 heavy (non-hydrogen) atoms. The van der Waals surface area contributed by atoms with E-state index >= 15 is 0 Å². The van der Waals surface area contributed by atoms with Crippen molar-refractivity contribution in [1.82, 2.24) is 10.2 Å². The molecule has 6 nitrogen and oxygen atoms in total. The summed E-state index contributed by atoms with van der Waals surface area (Å²) >= 11 is 0. The van der Waals surface area contributed by atoms with Crippen LogP contribution < -0.4 is 16.0 Å². The molecule has 0 aromatic heterocycles. The van der Waals surface area contributed by atoms with Gasteiger partial charge in [0.2, 0.25) is 5.91 Å². The van der Waals surface area contributed by atoms with Gasteiger partial charge in [0.05, 0.1) is 6.54 Å². The van der Waals surface area contributed by atoms with E-state index in [9.17, 15) is 9.18 Å². The fourth-order valence-electron chi connectivity index (χ4n) is 3.17. The summed E-state index contributed by atoms with van der Waals surface area (Å²) in [5.41, 5.74) is 7.12. The Morgan fingerprint density at radius 2 is 1.96 bits per heavy atom. The van der Waals surface area contributed by atoms with E-state index in [1.54, 1.807) is 12.1 Å². The minimum absolute atomic E-state index is 0.102. The number of benzene rings is 1. The monoisotopic (exact) mass is 333 g/mol. The lowest BCUT2D eigenvalue weighted by atomic mass is 10.0. The summed E-state index contributed by atoms with van der Waals surface area (Å²) in [6.07, 6.45) is 2.49. The predicted molar refractivity (Wildman–Crippen MR) is 92.5 cm³/mol. The van der Waals surface area contributed by atoms with Crippen molar-refractivity contribution < 1.29 is 9.18 Å². The number of carbonyl (C=O) groups is 1. The van der Waals surface area contributed by atoms with Gasteiger partial charge in [0, 0.05) is 44.3 Å². The Balaban J connectivity index is 1.49. The average molecular weight is 333 g/mol. The Labute approximate surface area is 141 Å². The normalized spacial score (nSPS) is 22.5. The number of rotatable bonds is 3. The molecule has 0 bridgehead atoms. The standard InChI is InChI=1S/C17H24FN5O/c18-13-4-6-15(7-5-13)22-8-10-23(11-9-22)17(19)20-12-14-2-1-3-16(24)21-14/h4-7,14H,1-3,8-12H2,(H2,19,20)(H,21,24). The van der Waals surface area contributed by atoms with Crippen molar-refractivity contribution in [3.05, 3.63) is 30.1 Å². The molecule has 1 aromatic carbocycles. The maximum absolute atomic E-state index is 13.0. The van der Waals surface area contributed by atoms with Crippen molar-refractivity contribution in [2.75, 3.05) is 37.6 Å². The molecule has 0 radical (unpaired) electrons. The number of hydrogen-bond donors (Lipinski definition) is 2. The smallest absolute Gasteiger partial charge is 0.220 e. The molecule has 0 saturated carbocycles. The second-order valence-electron chi connectivity index (χ2n) is 6.31. The zero-order chi connectivity index (χ0) is 16.9. The number of halogens is 1. The summed E-state index contributed by atoms with van der Waals surface area (Å²) in [7, 11) is 0. The Kier molecular flexibility index (Phi) is 5.17. The van der Waals surface area contributed by atoms with Crippen LogP contribution in [0.25, 0.3) is 0 Å². The molecule has 7 heteroatoms. The fraction of sp³-hybridized carbons (Fsp3) is 0.529. The summed E-state index contributed by atoms with van der Waals surface area (Å²) in [4.78, 5) is 20.1. The molecule has 1 unspecified atom stereocenters. The third-order valence-electron chi connectivity index (χ3n) is 4.59. The average Bonchev–Trinajstić information content (AvgIpc) is 2.61. The molecular formula is C17H24FN5O. The molecule has 3 N–H and O–H groups in total. The first-order valence-corrected chi connectivity index (χ1v) is 8.46. The molecule has 2 heterocycles. The lowest BCUT2D eigenvalue weighted by Crippen LogP contribution is -2.51. The molecule has 130 valence electrons. The maximum Gasteiger partial charge on any atom is 0.220 e. The van der Waals surface area contributed by atoms with E-state index in [0.717, 1.165) is 44.7 Å². The first kappa shape index (κ1) is 16.5. The lowest BCUT2D eigenvalue weighted by Gasteiger charge is -2.36. The van der Waals surface area contributed by atoms with Crippen LogP contribution in [0.1, 0.15) is 19.3 Å². The minimum Gasteiger partial charge on any atom is -0.370 e. The Bertz CT molecular complexity index is 596. The summed E-state index contributed by atoms with van der Waals surface area (Å²) in [6.45, 7) is 3.74. The third kappa shape index (κ3) is 4.15. The highest BCUT2D eigenvalue weighted by Crippen LogP contribution is 2.17. The van der Waals surface area contributed by atoms with E-state index in [1.165, 1.54) is 12.1 Å². The van der Waals surface area contributed by atoms with E-state index in [4.69, 9.17) is 5.73 Å². The second-order valence-corrected chi connectivity index (χ2v) is 6.31.